The molecule has 23 heavy (non-hydrogen) atoms. The third-order valence-electron chi connectivity index (χ3n) is 3.79. The second-order valence-corrected chi connectivity index (χ2v) is 6.48. The van der Waals surface area contributed by atoms with Crippen molar-refractivity contribution in [2.75, 3.05) is 0 Å². The van der Waals surface area contributed by atoms with Gasteiger partial charge < -0.3 is 5.32 Å². The van der Waals surface area contributed by atoms with Gasteiger partial charge in [-0.15, -0.1) is 11.3 Å². The summed E-state index contributed by atoms with van der Waals surface area (Å²) in [6.07, 6.45) is 7.42. The molecule has 3 heterocycles. The van der Waals surface area contributed by atoms with Crippen molar-refractivity contribution in [1.29, 1.82) is 0 Å². The predicted octanol–water partition coefficient (Wildman–Crippen LogP) is 2.84. The molecule has 0 aliphatic heterocycles. The van der Waals surface area contributed by atoms with Crippen molar-refractivity contribution < 1.29 is 0 Å². The summed E-state index contributed by atoms with van der Waals surface area (Å²) in [5.41, 5.74) is 2.18. The molecule has 0 amide bonds. The van der Waals surface area contributed by atoms with Crippen LogP contribution in [-0.2, 0) is 6.54 Å². The van der Waals surface area contributed by atoms with Gasteiger partial charge in [0.05, 0.1) is 17.9 Å². The van der Waals surface area contributed by atoms with Crippen LogP contribution in [-0.4, -0.2) is 30.8 Å². The van der Waals surface area contributed by atoms with E-state index in [0.29, 0.717) is 5.82 Å². The summed E-state index contributed by atoms with van der Waals surface area (Å²) in [6, 6.07) is 2.37. The Balaban J connectivity index is 1.59. The molecule has 0 fully saturated rings. The average Bonchev–Trinajstić information content (AvgIpc) is 3.22. The first-order valence-electron chi connectivity index (χ1n) is 7.59. The maximum atomic E-state index is 4.60. The second kappa shape index (κ2) is 6.97. The smallest absolute Gasteiger partial charge is 0.188 e. The number of nitrogens with one attached hydrogen (secondary N) is 1. The van der Waals surface area contributed by atoms with Crippen LogP contribution in [0.15, 0.2) is 36.2 Å². The van der Waals surface area contributed by atoms with E-state index in [-0.39, 0.29) is 12.1 Å². The van der Waals surface area contributed by atoms with Crippen LogP contribution < -0.4 is 5.32 Å². The Morgan fingerprint density at radius 3 is 2.74 bits per heavy atom. The van der Waals surface area contributed by atoms with Crippen LogP contribution in [0.25, 0.3) is 10.8 Å². The summed E-state index contributed by atoms with van der Waals surface area (Å²) >= 11 is 1.57. The van der Waals surface area contributed by atoms with Gasteiger partial charge in [-0.1, -0.05) is 0 Å². The minimum Gasteiger partial charge on any atom is -0.306 e. The SMILES string of the molecule is Cc1cnn([C@H](C)[C@@H](C)NCc2csc(-c3ncccn3)n2)c1. The molecule has 3 rings (SSSR count). The molecule has 0 aliphatic rings. The molecule has 3 aromatic rings. The minimum absolute atomic E-state index is 0.277. The van der Waals surface area contributed by atoms with Crippen LogP contribution in [0, 0.1) is 6.92 Å². The zero-order chi connectivity index (χ0) is 16.2. The molecule has 0 unspecified atom stereocenters. The van der Waals surface area contributed by atoms with Crippen molar-refractivity contribution in [3.63, 3.8) is 0 Å². The van der Waals surface area contributed by atoms with Crippen molar-refractivity contribution in [3.8, 4) is 10.8 Å². The number of rotatable bonds is 6. The lowest BCUT2D eigenvalue weighted by Gasteiger charge is -2.21. The van der Waals surface area contributed by atoms with Crippen molar-refractivity contribution in [2.24, 2.45) is 0 Å². The van der Waals surface area contributed by atoms with Crippen LogP contribution in [0.2, 0.25) is 0 Å². The average molecular weight is 328 g/mol. The number of hydrogen-bond acceptors (Lipinski definition) is 6. The van der Waals surface area contributed by atoms with Gasteiger partial charge in [-0.25, -0.2) is 15.0 Å². The zero-order valence-electron chi connectivity index (χ0n) is 13.5. The predicted molar refractivity (Wildman–Crippen MR) is 91.1 cm³/mol. The molecule has 0 bridgehead atoms. The van der Waals surface area contributed by atoms with Crippen molar-refractivity contribution in [2.45, 2.75) is 39.4 Å². The zero-order valence-corrected chi connectivity index (χ0v) is 14.3. The Morgan fingerprint density at radius 2 is 2.04 bits per heavy atom. The van der Waals surface area contributed by atoms with E-state index in [1.807, 2.05) is 16.3 Å². The Bertz CT molecular complexity index is 751. The Morgan fingerprint density at radius 1 is 1.26 bits per heavy atom. The molecule has 0 aromatic carbocycles. The first-order valence-corrected chi connectivity index (χ1v) is 8.47. The van der Waals surface area contributed by atoms with Crippen LogP contribution in [0.3, 0.4) is 0 Å². The lowest BCUT2D eigenvalue weighted by atomic mass is 10.1. The number of hydrogen-bond donors (Lipinski definition) is 1. The van der Waals surface area contributed by atoms with E-state index in [1.54, 1.807) is 29.8 Å². The third kappa shape index (κ3) is 3.80. The molecular weight excluding hydrogens is 308 g/mol. The fraction of sp³-hybridized carbons (Fsp3) is 0.375. The normalized spacial score (nSPS) is 13.9. The molecule has 3 aromatic heterocycles. The van der Waals surface area contributed by atoms with Crippen molar-refractivity contribution in [1.82, 2.24) is 30.0 Å². The number of thiazole rings is 1. The number of aryl methyl sites for hydroxylation is 1. The summed E-state index contributed by atoms with van der Waals surface area (Å²) < 4.78 is 2.00. The standard InChI is InChI=1S/C16H20N6S/c1-11-7-20-22(9-11)13(3)12(2)19-8-14-10-23-16(21-14)15-17-5-4-6-18-15/h4-7,9-10,12-13,19H,8H2,1-3H3/t12-,13-/m1/s1. The highest BCUT2D eigenvalue weighted by Crippen LogP contribution is 2.20. The Hall–Kier alpha value is -2.12. The quantitative estimate of drug-likeness (QED) is 0.753. The topological polar surface area (TPSA) is 68.5 Å². The van der Waals surface area contributed by atoms with E-state index < -0.39 is 0 Å². The summed E-state index contributed by atoms with van der Waals surface area (Å²) in [5.74, 6) is 0.678. The molecule has 120 valence electrons. The molecule has 0 aliphatic carbocycles. The van der Waals surface area contributed by atoms with Gasteiger partial charge in [0.25, 0.3) is 0 Å². The first kappa shape index (κ1) is 15.8. The van der Waals surface area contributed by atoms with Crippen LogP contribution in [0.5, 0.6) is 0 Å². The monoisotopic (exact) mass is 328 g/mol. The number of aromatic nitrogens is 5. The summed E-state index contributed by atoms with van der Waals surface area (Å²) in [6.45, 7) is 7.09. The van der Waals surface area contributed by atoms with Gasteiger partial charge in [0.1, 0.15) is 0 Å². The molecule has 2 atom stereocenters. The fourth-order valence-corrected chi connectivity index (χ4v) is 2.99. The molecule has 0 saturated heterocycles. The molecule has 0 radical (unpaired) electrons. The molecule has 0 spiro atoms. The highest BCUT2D eigenvalue weighted by atomic mass is 32.1. The minimum atomic E-state index is 0.277. The maximum absolute atomic E-state index is 4.60. The maximum Gasteiger partial charge on any atom is 0.188 e. The van der Waals surface area contributed by atoms with E-state index in [9.17, 15) is 0 Å². The van der Waals surface area contributed by atoms with Gasteiger partial charge in [-0.3, -0.25) is 4.68 Å². The summed E-state index contributed by atoms with van der Waals surface area (Å²) in [5, 5.41) is 10.8. The lowest BCUT2D eigenvalue weighted by Crippen LogP contribution is -2.33. The highest BCUT2D eigenvalue weighted by Gasteiger charge is 2.15. The number of nitrogens with zero attached hydrogens (tertiary/aromatic N) is 5. The summed E-state index contributed by atoms with van der Waals surface area (Å²) in [7, 11) is 0. The highest BCUT2D eigenvalue weighted by molar-refractivity contribution is 7.13. The van der Waals surface area contributed by atoms with Gasteiger partial charge >= 0.3 is 0 Å². The van der Waals surface area contributed by atoms with E-state index >= 15 is 0 Å². The van der Waals surface area contributed by atoms with Crippen molar-refractivity contribution >= 4 is 11.3 Å². The lowest BCUT2D eigenvalue weighted by molar-refractivity contribution is 0.364. The Kier molecular flexibility index (Phi) is 4.78. The largest absolute Gasteiger partial charge is 0.306 e. The van der Waals surface area contributed by atoms with Crippen LogP contribution >= 0.6 is 11.3 Å². The third-order valence-corrected chi connectivity index (χ3v) is 4.67. The van der Waals surface area contributed by atoms with Gasteiger partial charge in [0.15, 0.2) is 10.8 Å². The fourth-order valence-electron chi connectivity index (χ4n) is 2.22. The molecule has 0 saturated carbocycles. The van der Waals surface area contributed by atoms with Gasteiger partial charge in [-0.2, -0.15) is 5.10 Å². The van der Waals surface area contributed by atoms with Crippen LogP contribution in [0.4, 0.5) is 0 Å². The summed E-state index contributed by atoms with van der Waals surface area (Å²) in [4.78, 5) is 13.1. The molecule has 6 nitrogen and oxygen atoms in total. The van der Waals surface area contributed by atoms with Crippen molar-refractivity contribution in [3.05, 3.63) is 47.5 Å². The molecular formula is C16H20N6S. The first-order chi connectivity index (χ1) is 11.1. The van der Waals surface area contributed by atoms with E-state index in [2.05, 4.69) is 52.3 Å². The van der Waals surface area contributed by atoms with E-state index in [0.717, 1.165) is 17.2 Å². The van der Waals surface area contributed by atoms with Gasteiger partial charge in [-0.05, 0) is 32.4 Å². The molecule has 1 N–H and O–H groups in total. The van der Waals surface area contributed by atoms with E-state index in [1.165, 1.54) is 5.56 Å². The Labute approximate surface area is 139 Å². The van der Waals surface area contributed by atoms with Crippen LogP contribution in [0.1, 0.15) is 31.1 Å². The van der Waals surface area contributed by atoms with Gasteiger partial charge in [0, 0.05) is 36.6 Å². The second-order valence-electron chi connectivity index (χ2n) is 5.62. The molecule has 7 heteroatoms. The van der Waals surface area contributed by atoms with E-state index in [4.69, 9.17) is 0 Å². The van der Waals surface area contributed by atoms with Gasteiger partial charge in [0.2, 0.25) is 0 Å².